The van der Waals surface area contributed by atoms with E-state index in [0.717, 1.165) is 17.4 Å². The smallest absolute Gasteiger partial charge is 0.232 e. The van der Waals surface area contributed by atoms with Crippen molar-refractivity contribution in [3.63, 3.8) is 0 Å². The quantitative estimate of drug-likeness (QED) is 0.837. The van der Waals surface area contributed by atoms with Gasteiger partial charge in [0.15, 0.2) is 0 Å². The van der Waals surface area contributed by atoms with Crippen LogP contribution in [0.15, 0.2) is 54.6 Å². The first kappa shape index (κ1) is 18.0. The van der Waals surface area contributed by atoms with Gasteiger partial charge in [-0.15, -0.1) is 0 Å². The van der Waals surface area contributed by atoms with Crippen molar-refractivity contribution in [3.05, 3.63) is 65.7 Å². The lowest BCUT2D eigenvalue weighted by molar-refractivity contribution is -0.121. The Kier molecular flexibility index (Phi) is 5.98. The van der Waals surface area contributed by atoms with Gasteiger partial charge in [0.25, 0.3) is 0 Å². The highest BCUT2D eigenvalue weighted by Gasteiger charge is 2.19. The van der Waals surface area contributed by atoms with Gasteiger partial charge in [-0.1, -0.05) is 48.5 Å². The van der Waals surface area contributed by atoms with Gasteiger partial charge in [0.1, 0.15) is 0 Å². The molecule has 2 aromatic rings. The van der Waals surface area contributed by atoms with Gasteiger partial charge in [-0.05, 0) is 24.1 Å². The third-order valence-corrected chi connectivity index (χ3v) is 4.84. The highest BCUT2D eigenvalue weighted by atomic mass is 32.2. The van der Waals surface area contributed by atoms with Crippen LogP contribution in [0.2, 0.25) is 0 Å². The zero-order chi connectivity index (χ0) is 17.6. The highest BCUT2D eigenvalue weighted by Crippen LogP contribution is 2.22. The Morgan fingerprint density at radius 1 is 1.04 bits per heavy atom. The Morgan fingerprint density at radius 3 is 2.29 bits per heavy atom. The van der Waals surface area contributed by atoms with Crippen LogP contribution in [0.4, 0.5) is 5.69 Å². The summed E-state index contributed by atoms with van der Waals surface area (Å²) < 4.78 is 25.4. The summed E-state index contributed by atoms with van der Waals surface area (Å²) in [5.41, 5.74) is 2.47. The summed E-state index contributed by atoms with van der Waals surface area (Å²) in [6.45, 7) is 2.40. The number of hydrogen-bond donors (Lipinski definition) is 1. The fourth-order valence-corrected chi connectivity index (χ4v) is 3.38. The molecule has 2 rings (SSSR count). The molecule has 0 saturated heterocycles. The Hall–Kier alpha value is -2.34. The minimum atomic E-state index is -3.45. The number of benzene rings is 2. The van der Waals surface area contributed by atoms with E-state index in [2.05, 4.69) is 5.32 Å². The number of amides is 1. The number of sulfonamides is 1. The number of rotatable bonds is 7. The van der Waals surface area contributed by atoms with E-state index in [1.54, 1.807) is 12.1 Å². The SMILES string of the molecule is Cc1ccccc1N(CCC(=O)NCc1ccccc1)S(C)(=O)=O. The van der Waals surface area contributed by atoms with E-state index in [9.17, 15) is 13.2 Å². The van der Waals surface area contributed by atoms with Crippen molar-refractivity contribution in [2.75, 3.05) is 17.1 Å². The predicted molar refractivity (Wildman–Crippen MR) is 96.3 cm³/mol. The predicted octanol–water partition coefficient (Wildman–Crippen LogP) is 2.47. The minimum absolute atomic E-state index is 0.105. The molecule has 1 N–H and O–H groups in total. The van der Waals surface area contributed by atoms with Crippen LogP contribution in [-0.4, -0.2) is 27.1 Å². The summed E-state index contributed by atoms with van der Waals surface area (Å²) in [6, 6.07) is 16.8. The number of nitrogens with zero attached hydrogens (tertiary/aromatic N) is 1. The van der Waals surface area contributed by atoms with Crippen LogP contribution in [-0.2, 0) is 21.4 Å². The van der Waals surface area contributed by atoms with Crippen molar-refractivity contribution in [2.24, 2.45) is 0 Å². The molecule has 6 heteroatoms. The first-order chi connectivity index (χ1) is 11.4. The minimum Gasteiger partial charge on any atom is -0.352 e. The molecule has 0 unspecified atom stereocenters. The lowest BCUT2D eigenvalue weighted by Gasteiger charge is -2.23. The topological polar surface area (TPSA) is 66.5 Å². The molecule has 2 aromatic carbocycles. The van der Waals surface area contributed by atoms with Gasteiger partial charge < -0.3 is 5.32 Å². The van der Waals surface area contributed by atoms with E-state index in [1.807, 2.05) is 49.4 Å². The van der Waals surface area contributed by atoms with E-state index >= 15 is 0 Å². The zero-order valence-electron chi connectivity index (χ0n) is 13.9. The Labute approximate surface area is 143 Å². The standard InChI is InChI=1S/C18H22N2O3S/c1-15-8-6-7-11-17(15)20(24(2,22)23)13-12-18(21)19-14-16-9-4-3-5-10-16/h3-11H,12-14H2,1-2H3,(H,19,21). The summed E-state index contributed by atoms with van der Waals surface area (Å²) in [5, 5.41) is 2.81. The lowest BCUT2D eigenvalue weighted by atomic mass is 10.2. The molecular weight excluding hydrogens is 324 g/mol. The van der Waals surface area contributed by atoms with Crippen LogP contribution in [0.1, 0.15) is 17.5 Å². The van der Waals surface area contributed by atoms with Gasteiger partial charge in [-0.25, -0.2) is 8.42 Å². The highest BCUT2D eigenvalue weighted by molar-refractivity contribution is 7.92. The second kappa shape index (κ2) is 7.97. The van der Waals surface area contributed by atoms with Gasteiger partial charge >= 0.3 is 0 Å². The van der Waals surface area contributed by atoms with Crippen LogP contribution in [0.25, 0.3) is 0 Å². The monoisotopic (exact) mass is 346 g/mol. The van der Waals surface area contributed by atoms with Crippen LogP contribution in [0, 0.1) is 6.92 Å². The molecule has 0 spiro atoms. The fourth-order valence-electron chi connectivity index (χ4n) is 2.40. The molecule has 0 radical (unpaired) electrons. The Balaban J connectivity index is 1.98. The maximum atomic E-state index is 12.1. The number of aryl methyl sites for hydroxylation is 1. The molecule has 0 aromatic heterocycles. The molecule has 0 bridgehead atoms. The lowest BCUT2D eigenvalue weighted by Crippen LogP contribution is -2.35. The molecule has 0 atom stereocenters. The number of nitrogens with one attached hydrogen (secondary N) is 1. The van der Waals surface area contributed by atoms with Crippen molar-refractivity contribution in [1.82, 2.24) is 5.32 Å². The Morgan fingerprint density at radius 2 is 1.67 bits per heavy atom. The van der Waals surface area contributed by atoms with Crippen LogP contribution >= 0.6 is 0 Å². The number of carbonyl (C=O) groups is 1. The van der Waals surface area contributed by atoms with E-state index in [-0.39, 0.29) is 18.9 Å². The normalized spacial score (nSPS) is 11.1. The second-order valence-corrected chi connectivity index (χ2v) is 7.54. The molecular formula is C18H22N2O3S. The summed E-state index contributed by atoms with van der Waals surface area (Å²) in [4.78, 5) is 12.0. The first-order valence-corrected chi connectivity index (χ1v) is 9.57. The second-order valence-electron chi connectivity index (χ2n) is 5.63. The maximum Gasteiger partial charge on any atom is 0.232 e. The van der Waals surface area contributed by atoms with E-state index < -0.39 is 10.0 Å². The van der Waals surface area contributed by atoms with Gasteiger partial charge in [0.2, 0.25) is 15.9 Å². The van der Waals surface area contributed by atoms with Gasteiger partial charge in [0, 0.05) is 19.5 Å². The van der Waals surface area contributed by atoms with Crippen molar-refractivity contribution in [3.8, 4) is 0 Å². The average molecular weight is 346 g/mol. The number of anilines is 1. The largest absolute Gasteiger partial charge is 0.352 e. The maximum absolute atomic E-state index is 12.1. The van der Waals surface area contributed by atoms with Gasteiger partial charge in [-0.2, -0.15) is 0 Å². The molecule has 1 amide bonds. The van der Waals surface area contributed by atoms with Gasteiger partial charge in [0.05, 0.1) is 11.9 Å². The average Bonchev–Trinajstić information content (AvgIpc) is 2.54. The fraction of sp³-hybridized carbons (Fsp3) is 0.278. The van der Waals surface area contributed by atoms with Crippen molar-refractivity contribution in [1.29, 1.82) is 0 Å². The molecule has 24 heavy (non-hydrogen) atoms. The molecule has 5 nitrogen and oxygen atoms in total. The molecule has 0 aliphatic heterocycles. The van der Waals surface area contributed by atoms with Gasteiger partial charge in [-0.3, -0.25) is 9.10 Å². The van der Waals surface area contributed by atoms with Crippen LogP contribution < -0.4 is 9.62 Å². The summed E-state index contributed by atoms with van der Waals surface area (Å²) in [6.07, 6.45) is 1.26. The summed E-state index contributed by atoms with van der Waals surface area (Å²) >= 11 is 0. The number of hydrogen-bond acceptors (Lipinski definition) is 3. The third-order valence-electron chi connectivity index (χ3n) is 3.66. The molecule has 0 fully saturated rings. The first-order valence-electron chi connectivity index (χ1n) is 7.72. The molecule has 0 heterocycles. The zero-order valence-corrected chi connectivity index (χ0v) is 14.7. The molecule has 0 saturated carbocycles. The van der Waals surface area contributed by atoms with Crippen molar-refractivity contribution >= 4 is 21.6 Å². The van der Waals surface area contributed by atoms with Crippen LogP contribution in [0.3, 0.4) is 0 Å². The molecule has 0 aliphatic carbocycles. The number of para-hydroxylation sites is 1. The van der Waals surface area contributed by atoms with Crippen LogP contribution in [0.5, 0.6) is 0 Å². The summed E-state index contributed by atoms with van der Waals surface area (Å²) in [5.74, 6) is -0.180. The van der Waals surface area contributed by atoms with E-state index in [1.165, 1.54) is 4.31 Å². The number of carbonyl (C=O) groups excluding carboxylic acids is 1. The van der Waals surface area contributed by atoms with E-state index in [4.69, 9.17) is 0 Å². The molecule has 0 aliphatic rings. The van der Waals surface area contributed by atoms with Crippen molar-refractivity contribution in [2.45, 2.75) is 19.9 Å². The van der Waals surface area contributed by atoms with E-state index in [0.29, 0.717) is 12.2 Å². The Bertz CT molecular complexity index is 789. The van der Waals surface area contributed by atoms with Crippen molar-refractivity contribution < 1.29 is 13.2 Å². The third kappa shape index (κ3) is 5.09. The molecule has 128 valence electrons. The summed E-state index contributed by atoms with van der Waals surface area (Å²) in [7, 11) is -3.45.